The summed E-state index contributed by atoms with van der Waals surface area (Å²) in [5, 5.41) is 0. The maximum absolute atomic E-state index is 5.64. The van der Waals surface area contributed by atoms with Crippen LogP contribution in [0, 0.1) is 0 Å². The van der Waals surface area contributed by atoms with E-state index in [1.807, 2.05) is 0 Å². The van der Waals surface area contributed by atoms with Crippen molar-refractivity contribution in [2.45, 2.75) is 57.4 Å². The van der Waals surface area contributed by atoms with Crippen LogP contribution in [-0.2, 0) is 0 Å². The molecule has 1 aliphatic carbocycles. The molecule has 19 heavy (non-hydrogen) atoms. The summed E-state index contributed by atoms with van der Waals surface area (Å²) < 4.78 is 0. The molecule has 2 rings (SSSR count). The Hall–Kier alpha value is -1.02. The second kappa shape index (κ2) is 6.95. The fourth-order valence-electron chi connectivity index (χ4n) is 3.11. The van der Waals surface area contributed by atoms with E-state index >= 15 is 0 Å². The van der Waals surface area contributed by atoms with Crippen LogP contribution in [0.1, 0.15) is 56.9 Å². The fraction of sp³-hybridized carbons (Fsp3) is 0.647. The van der Waals surface area contributed by atoms with Crippen molar-refractivity contribution >= 4 is 5.69 Å². The van der Waals surface area contributed by atoms with Crippen molar-refractivity contribution in [2.75, 3.05) is 18.5 Å². The van der Waals surface area contributed by atoms with Crippen molar-refractivity contribution in [2.24, 2.45) is 5.73 Å². The largest absolute Gasteiger partial charge is 0.372 e. The lowest BCUT2D eigenvalue weighted by Gasteiger charge is -2.28. The summed E-state index contributed by atoms with van der Waals surface area (Å²) in [6.45, 7) is 2.99. The smallest absolute Gasteiger partial charge is 0.0366 e. The third-order valence-corrected chi connectivity index (χ3v) is 4.62. The van der Waals surface area contributed by atoms with Crippen molar-refractivity contribution in [3.63, 3.8) is 0 Å². The number of hydrogen-bond acceptors (Lipinski definition) is 2. The highest BCUT2D eigenvalue weighted by atomic mass is 15.1. The topological polar surface area (TPSA) is 29.3 Å². The van der Waals surface area contributed by atoms with Crippen LogP contribution in [0.15, 0.2) is 24.3 Å². The van der Waals surface area contributed by atoms with Crippen LogP contribution in [-0.4, -0.2) is 19.6 Å². The van der Waals surface area contributed by atoms with Gasteiger partial charge < -0.3 is 10.6 Å². The molecule has 106 valence electrons. The molecule has 2 nitrogen and oxygen atoms in total. The van der Waals surface area contributed by atoms with Gasteiger partial charge in [0.1, 0.15) is 0 Å². The quantitative estimate of drug-likeness (QED) is 0.869. The van der Waals surface area contributed by atoms with Crippen LogP contribution in [0.4, 0.5) is 5.69 Å². The average Bonchev–Trinajstić information content (AvgIpc) is 2.48. The highest BCUT2D eigenvalue weighted by Gasteiger charge is 2.16. The number of nitrogens with two attached hydrogens (primary N) is 1. The van der Waals surface area contributed by atoms with Crippen LogP contribution in [0.25, 0.3) is 0 Å². The van der Waals surface area contributed by atoms with Crippen LogP contribution < -0.4 is 10.6 Å². The van der Waals surface area contributed by atoms with Crippen LogP contribution in [0.2, 0.25) is 0 Å². The lowest BCUT2D eigenvalue weighted by molar-refractivity contribution is 0.443. The van der Waals surface area contributed by atoms with Gasteiger partial charge in [-0.05, 0) is 56.3 Å². The standard InChI is InChI=1S/C17H28N2/c1-14(12-13-18)19(2)17-10-8-16(9-11-17)15-6-4-3-5-7-15/h8-11,14-15H,3-7,12-13,18H2,1-2H3. The predicted molar refractivity (Wildman–Crippen MR) is 83.8 cm³/mol. The van der Waals surface area contributed by atoms with Gasteiger partial charge in [0, 0.05) is 18.8 Å². The van der Waals surface area contributed by atoms with Gasteiger partial charge in [-0.15, -0.1) is 0 Å². The van der Waals surface area contributed by atoms with Gasteiger partial charge >= 0.3 is 0 Å². The SMILES string of the molecule is CC(CCN)N(C)c1ccc(C2CCCCC2)cc1. The van der Waals surface area contributed by atoms with E-state index in [0.29, 0.717) is 6.04 Å². The molecular formula is C17H28N2. The first-order chi connectivity index (χ1) is 9.22. The molecule has 1 aliphatic rings. The molecule has 1 atom stereocenters. The van der Waals surface area contributed by atoms with Gasteiger partial charge in [-0.25, -0.2) is 0 Å². The first-order valence-corrected chi connectivity index (χ1v) is 7.75. The Morgan fingerprint density at radius 1 is 1.16 bits per heavy atom. The van der Waals surface area contributed by atoms with Crippen molar-refractivity contribution < 1.29 is 0 Å². The van der Waals surface area contributed by atoms with Gasteiger partial charge in [-0.1, -0.05) is 31.4 Å². The molecule has 1 aromatic carbocycles. The van der Waals surface area contributed by atoms with E-state index in [9.17, 15) is 0 Å². The Bertz CT molecular complexity index is 365. The zero-order valence-corrected chi connectivity index (χ0v) is 12.4. The van der Waals surface area contributed by atoms with Crippen LogP contribution in [0.5, 0.6) is 0 Å². The molecule has 0 saturated heterocycles. The number of hydrogen-bond donors (Lipinski definition) is 1. The van der Waals surface area contributed by atoms with E-state index in [2.05, 4.69) is 43.1 Å². The van der Waals surface area contributed by atoms with Gasteiger partial charge in [0.2, 0.25) is 0 Å². The summed E-state index contributed by atoms with van der Waals surface area (Å²) in [6, 6.07) is 9.72. The lowest BCUT2D eigenvalue weighted by Crippen LogP contribution is -2.30. The summed E-state index contributed by atoms with van der Waals surface area (Å²) in [5.74, 6) is 0.801. The lowest BCUT2D eigenvalue weighted by atomic mass is 9.84. The third-order valence-electron chi connectivity index (χ3n) is 4.62. The third kappa shape index (κ3) is 3.73. The highest BCUT2D eigenvalue weighted by molar-refractivity contribution is 5.48. The molecule has 0 aromatic heterocycles. The number of benzene rings is 1. The van der Waals surface area contributed by atoms with Gasteiger partial charge in [0.05, 0.1) is 0 Å². The minimum atomic E-state index is 0.505. The molecule has 0 spiro atoms. The molecule has 2 N–H and O–H groups in total. The molecule has 0 amide bonds. The van der Waals surface area contributed by atoms with Crippen molar-refractivity contribution in [1.82, 2.24) is 0 Å². The van der Waals surface area contributed by atoms with Crippen LogP contribution in [0.3, 0.4) is 0 Å². The van der Waals surface area contributed by atoms with Gasteiger partial charge in [-0.2, -0.15) is 0 Å². The minimum Gasteiger partial charge on any atom is -0.372 e. The molecule has 0 radical (unpaired) electrons. The molecule has 0 aliphatic heterocycles. The van der Waals surface area contributed by atoms with Crippen molar-refractivity contribution in [3.8, 4) is 0 Å². The normalized spacial score (nSPS) is 18.3. The summed E-state index contributed by atoms with van der Waals surface area (Å²) in [7, 11) is 2.16. The maximum atomic E-state index is 5.64. The molecule has 2 heteroatoms. The average molecular weight is 260 g/mol. The Morgan fingerprint density at radius 2 is 1.79 bits per heavy atom. The molecule has 1 unspecified atom stereocenters. The second-order valence-electron chi connectivity index (χ2n) is 5.96. The Labute approximate surface area is 118 Å². The Morgan fingerprint density at radius 3 is 2.37 bits per heavy atom. The maximum Gasteiger partial charge on any atom is 0.0366 e. The van der Waals surface area contributed by atoms with Crippen molar-refractivity contribution in [3.05, 3.63) is 29.8 Å². The zero-order chi connectivity index (χ0) is 13.7. The number of anilines is 1. The van der Waals surface area contributed by atoms with E-state index in [-0.39, 0.29) is 0 Å². The molecule has 1 saturated carbocycles. The first kappa shape index (κ1) is 14.4. The van der Waals surface area contributed by atoms with Crippen molar-refractivity contribution in [1.29, 1.82) is 0 Å². The van der Waals surface area contributed by atoms with E-state index in [0.717, 1.165) is 18.9 Å². The highest BCUT2D eigenvalue weighted by Crippen LogP contribution is 2.33. The number of rotatable bonds is 5. The summed E-state index contributed by atoms with van der Waals surface area (Å²) in [5.41, 5.74) is 8.48. The summed E-state index contributed by atoms with van der Waals surface area (Å²) in [6.07, 6.45) is 8.02. The van der Waals surface area contributed by atoms with E-state index in [1.165, 1.54) is 43.4 Å². The van der Waals surface area contributed by atoms with Gasteiger partial charge in [0.25, 0.3) is 0 Å². The van der Waals surface area contributed by atoms with Gasteiger partial charge in [-0.3, -0.25) is 0 Å². The fourth-order valence-corrected chi connectivity index (χ4v) is 3.11. The summed E-state index contributed by atoms with van der Waals surface area (Å²) >= 11 is 0. The molecule has 0 bridgehead atoms. The summed E-state index contributed by atoms with van der Waals surface area (Å²) in [4.78, 5) is 2.33. The monoisotopic (exact) mass is 260 g/mol. The molecule has 1 fully saturated rings. The molecular weight excluding hydrogens is 232 g/mol. The van der Waals surface area contributed by atoms with E-state index in [1.54, 1.807) is 0 Å². The minimum absolute atomic E-state index is 0.505. The van der Waals surface area contributed by atoms with Gasteiger partial charge in [0.15, 0.2) is 0 Å². The zero-order valence-electron chi connectivity index (χ0n) is 12.4. The number of nitrogens with zero attached hydrogens (tertiary/aromatic N) is 1. The Kier molecular flexibility index (Phi) is 5.26. The predicted octanol–water partition coefficient (Wildman–Crippen LogP) is 3.91. The first-order valence-electron chi connectivity index (χ1n) is 7.75. The molecule has 0 heterocycles. The van der Waals surface area contributed by atoms with E-state index in [4.69, 9.17) is 5.73 Å². The Balaban J connectivity index is 2.01. The second-order valence-corrected chi connectivity index (χ2v) is 5.96. The van der Waals surface area contributed by atoms with Crippen LogP contribution >= 0.6 is 0 Å². The molecule has 1 aromatic rings. The van der Waals surface area contributed by atoms with E-state index < -0.39 is 0 Å².